The summed E-state index contributed by atoms with van der Waals surface area (Å²) in [5.41, 5.74) is 11.7. The lowest BCUT2D eigenvalue weighted by Gasteiger charge is -2.18. The maximum absolute atomic E-state index is 12.5. The van der Waals surface area contributed by atoms with Gasteiger partial charge in [0.1, 0.15) is 6.10 Å². The summed E-state index contributed by atoms with van der Waals surface area (Å²) < 4.78 is 37.4. The molecule has 6 nitrogen and oxygen atoms in total. The molecule has 0 aromatic heterocycles. The molecule has 0 saturated heterocycles. The Kier molecular flexibility index (Phi) is 4.60. The molecule has 0 saturated carbocycles. The van der Waals surface area contributed by atoms with Crippen LogP contribution >= 0.6 is 0 Å². The largest absolute Gasteiger partial charge is 0.418 e. The van der Waals surface area contributed by atoms with Crippen LogP contribution in [0.1, 0.15) is 17.2 Å². The van der Waals surface area contributed by atoms with Gasteiger partial charge in [0.2, 0.25) is 0 Å². The fourth-order valence-electron chi connectivity index (χ4n) is 1.47. The number of alkyl halides is 3. The summed E-state index contributed by atoms with van der Waals surface area (Å²) in [6.07, 6.45) is -7.50. The maximum Gasteiger partial charge on any atom is 0.418 e. The van der Waals surface area contributed by atoms with Crippen LogP contribution in [0.3, 0.4) is 0 Å². The summed E-state index contributed by atoms with van der Waals surface area (Å²) in [4.78, 5) is 2.40. The highest BCUT2D eigenvalue weighted by atomic mass is 19.4. The van der Waals surface area contributed by atoms with Gasteiger partial charge in [0.05, 0.1) is 18.2 Å². The van der Waals surface area contributed by atoms with Crippen molar-refractivity contribution in [3.63, 3.8) is 0 Å². The van der Waals surface area contributed by atoms with Crippen molar-refractivity contribution in [2.75, 3.05) is 12.3 Å². The van der Waals surface area contributed by atoms with E-state index in [1.54, 1.807) is 0 Å². The Hall–Kier alpha value is -1.96. The van der Waals surface area contributed by atoms with Crippen molar-refractivity contribution in [1.82, 2.24) is 0 Å². The highest BCUT2D eigenvalue weighted by molar-refractivity contribution is 5.51. The quantitative estimate of drug-likeness (QED) is 0.338. The smallest absolute Gasteiger partial charge is 0.398 e. The first-order valence-corrected chi connectivity index (χ1v) is 5.11. The zero-order valence-electron chi connectivity index (χ0n) is 9.54. The molecule has 0 fully saturated rings. The van der Waals surface area contributed by atoms with Crippen LogP contribution < -0.4 is 5.73 Å². The second kappa shape index (κ2) is 5.79. The predicted molar refractivity (Wildman–Crippen MR) is 60.8 cm³/mol. The molecule has 0 radical (unpaired) electrons. The van der Waals surface area contributed by atoms with Crippen LogP contribution in [0.5, 0.6) is 0 Å². The number of hydrogen-bond donors (Lipinski definition) is 3. The highest BCUT2D eigenvalue weighted by Crippen LogP contribution is 2.35. The van der Waals surface area contributed by atoms with Crippen LogP contribution in [0.25, 0.3) is 10.4 Å². The third-order valence-corrected chi connectivity index (χ3v) is 2.42. The molecule has 1 aromatic rings. The van der Waals surface area contributed by atoms with Crippen molar-refractivity contribution in [1.29, 1.82) is 0 Å². The van der Waals surface area contributed by atoms with Crippen molar-refractivity contribution < 1.29 is 23.4 Å². The number of halogens is 3. The molecule has 2 unspecified atom stereocenters. The molecule has 0 heterocycles. The minimum Gasteiger partial charge on any atom is -0.398 e. The lowest BCUT2D eigenvalue weighted by Crippen LogP contribution is -2.21. The normalized spacial score (nSPS) is 14.6. The molecule has 0 aliphatic carbocycles. The van der Waals surface area contributed by atoms with E-state index in [4.69, 9.17) is 11.3 Å². The first-order chi connectivity index (χ1) is 8.77. The molecule has 0 aliphatic heterocycles. The number of hydrogen-bond acceptors (Lipinski definition) is 4. The number of benzene rings is 1. The van der Waals surface area contributed by atoms with Gasteiger partial charge < -0.3 is 15.9 Å². The Morgan fingerprint density at radius 3 is 2.47 bits per heavy atom. The molecule has 1 rings (SSSR count). The van der Waals surface area contributed by atoms with E-state index in [2.05, 4.69) is 10.0 Å². The lowest BCUT2D eigenvalue weighted by atomic mass is 10.0. The highest BCUT2D eigenvalue weighted by Gasteiger charge is 2.33. The first kappa shape index (κ1) is 15.1. The number of aliphatic hydroxyl groups is 2. The SMILES string of the molecule is [N-]=[N+]=NCC(O)C(O)c1ccc(C(F)(F)F)c(N)c1. The number of rotatable bonds is 4. The van der Waals surface area contributed by atoms with Gasteiger partial charge in [-0.25, -0.2) is 0 Å². The second-order valence-electron chi connectivity index (χ2n) is 3.77. The summed E-state index contributed by atoms with van der Waals surface area (Å²) in [5, 5.41) is 22.2. The summed E-state index contributed by atoms with van der Waals surface area (Å²) in [7, 11) is 0. The van der Waals surface area contributed by atoms with E-state index in [1.165, 1.54) is 0 Å². The topological polar surface area (TPSA) is 115 Å². The van der Waals surface area contributed by atoms with Gasteiger partial charge >= 0.3 is 6.18 Å². The number of anilines is 1. The Morgan fingerprint density at radius 2 is 2.00 bits per heavy atom. The average molecular weight is 276 g/mol. The van der Waals surface area contributed by atoms with Crippen molar-refractivity contribution in [2.45, 2.75) is 18.4 Å². The molecule has 2 atom stereocenters. The Balaban J connectivity index is 2.97. The summed E-state index contributed by atoms with van der Waals surface area (Å²) in [6, 6.07) is 2.64. The third-order valence-electron chi connectivity index (χ3n) is 2.42. The average Bonchev–Trinajstić information content (AvgIpc) is 2.33. The van der Waals surface area contributed by atoms with Gasteiger partial charge in [-0.2, -0.15) is 13.2 Å². The number of azide groups is 1. The molecule has 1 aromatic carbocycles. The van der Waals surface area contributed by atoms with E-state index in [0.29, 0.717) is 6.07 Å². The van der Waals surface area contributed by atoms with Gasteiger partial charge in [-0.1, -0.05) is 11.2 Å². The summed E-state index contributed by atoms with van der Waals surface area (Å²) in [5.74, 6) is 0. The third kappa shape index (κ3) is 3.75. The Bertz CT molecular complexity index is 500. The first-order valence-electron chi connectivity index (χ1n) is 5.11. The number of nitrogens with zero attached hydrogens (tertiary/aromatic N) is 3. The van der Waals surface area contributed by atoms with Gasteiger partial charge in [-0.3, -0.25) is 0 Å². The van der Waals surface area contributed by atoms with E-state index in [9.17, 15) is 23.4 Å². The molecule has 104 valence electrons. The Labute approximate surface area is 105 Å². The van der Waals surface area contributed by atoms with Crippen LogP contribution in [0.15, 0.2) is 23.3 Å². The molecule has 0 amide bonds. The second-order valence-corrected chi connectivity index (χ2v) is 3.77. The lowest BCUT2D eigenvalue weighted by molar-refractivity contribution is -0.136. The van der Waals surface area contributed by atoms with Gasteiger partial charge in [0.25, 0.3) is 0 Å². The van der Waals surface area contributed by atoms with Crippen LogP contribution in [0.2, 0.25) is 0 Å². The van der Waals surface area contributed by atoms with Crippen molar-refractivity contribution in [3.05, 3.63) is 39.8 Å². The van der Waals surface area contributed by atoms with Crippen molar-refractivity contribution in [3.8, 4) is 0 Å². The monoisotopic (exact) mass is 276 g/mol. The molecule has 0 aliphatic rings. The summed E-state index contributed by atoms with van der Waals surface area (Å²) in [6.45, 7) is -0.404. The van der Waals surface area contributed by atoms with Gasteiger partial charge in [0.15, 0.2) is 0 Å². The van der Waals surface area contributed by atoms with Gasteiger partial charge in [-0.15, -0.1) is 0 Å². The molecule has 9 heteroatoms. The molecular formula is C10H11F3N4O2. The van der Waals surface area contributed by atoms with Crippen LogP contribution in [-0.4, -0.2) is 22.9 Å². The summed E-state index contributed by atoms with van der Waals surface area (Å²) >= 11 is 0. The van der Waals surface area contributed by atoms with E-state index in [1.807, 2.05) is 0 Å². The molecule has 0 bridgehead atoms. The van der Waals surface area contributed by atoms with Crippen molar-refractivity contribution >= 4 is 5.69 Å². The standard InChI is InChI=1S/C10H11F3N4O2/c11-10(12,13)6-2-1-5(3-7(6)14)9(19)8(18)4-16-17-15/h1-3,8-9,18-19H,4,14H2. The molecule has 19 heavy (non-hydrogen) atoms. The van der Waals surface area contributed by atoms with E-state index < -0.39 is 36.2 Å². The van der Waals surface area contributed by atoms with Crippen LogP contribution in [0, 0.1) is 0 Å². The number of nitrogen functional groups attached to an aromatic ring is 1. The van der Waals surface area contributed by atoms with Gasteiger partial charge in [-0.05, 0) is 23.2 Å². The number of aliphatic hydroxyl groups excluding tert-OH is 2. The molecule has 0 spiro atoms. The maximum atomic E-state index is 12.5. The van der Waals surface area contributed by atoms with E-state index >= 15 is 0 Å². The van der Waals surface area contributed by atoms with Gasteiger partial charge in [0, 0.05) is 10.6 Å². The zero-order valence-corrected chi connectivity index (χ0v) is 9.54. The van der Waals surface area contributed by atoms with E-state index in [0.717, 1.165) is 12.1 Å². The fourth-order valence-corrected chi connectivity index (χ4v) is 1.47. The van der Waals surface area contributed by atoms with Crippen LogP contribution in [-0.2, 0) is 6.18 Å². The minimum absolute atomic E-state index is 0.00568. The minimum atomic E-state index is -4.59. The van der Waals surface area contributed by atoms with E-state index in [-0.39, 0.29) is 5.56 Å². The molecule has 4 N–H and O–H groups in total. The Morgan fingerprint density at radius 1 is 1.37 bits per heavy atom. The van der Waals surface area contributed by atoms with Crippen molar-refractivity contribution in [2.24, 2.45) is 5.11 Å². The number of nitrogens with two attached hydrogens (primary N) is 1. The molecular weight excluding hydrogens is 265 g/mol. The predicted octanol–water partition coefficient (Wildman–Crippen LogP) is 1.99. The fraction of sp³-hybridized carbons (Fsp3) is 0.400. The van der Waals surface area contributed by atoms with Crippen LogP contribution in [0.4, 0.5) is 18.9 Å². The zero-order chi connectivity index (χ0) is 14.6.